The van der Waals surface area contributed by atoms with Gasteiger partial charge in [-0.3, -0.25) is 0 Å². The lowest BCUT2D eigenvalue weighted by Crippen LogP contribution is -1.97. The lowest BCUT2D eigenvalue weighted by atomic mass is 10.1. The number of rotatable bonds is 4. The summed E-state index contributed by atoms with van der Waals surface area (Å²) >= 11 is 7.56. The highest BCUT2D eigenvalue weighted by Crippen LogP contribution is 2.26. The van der Waals surface area contributed by atoms with Gasteiger partial charge in [0.2, 0.25) is 0 Å². The van der Waals surface area contributed by atoms with Gasteiger partial charge in [0.1, 0.15) is 0 Å². The fourth-order valence-corrected chi connectivity index (χ4v) is 2.98. The summed E-state index contributed by atoms with van der Waals surface area (Å²) in [6.45, 7) is 3.85. The van der Waals surface area contributed by atoms with Gasteiger partial charge in [0.05, 0.1) is 5.56 Å². The zero-order valence-electron chi connectivity index (χ0n) is 11.1. The SMILES string of the molecule is Cc1cc(C)nc(SCc2ccc(C(=O)O)cc2Cl)n1. The molecule has 6 heteroatoms. The van der Waals surface area contributed by atoms with Crippen LogP contribution in [0.1, 0.15) is 27.3 Å². The topological polar surface area (TPSA) is 63.1 Å². The smallest absolute Gasteiger partial charge is 0.335 e. The molecular weight excluding hydrogens is 296 g/mol. The van der Waals surface area contributed by atoms with Gasteiger partial charge in [-0.15, -0.1) is 0 Å². The molecule has 0 spiro atoms. The Balaban J connectivity index is 2.12. The molecule has 0 atom stereocenters. The summed E-state index contributed by atoms with van der Waals surface area (Å²) in [6, 6.07) is 6.65. The van der Waals surface area contributed by atoms with E-state index in [0.29, 0.717) is 15.9 Å². The van der Waals surface area contributed by atoms with Crippen LogP contribution in [0.15, 0.2) is 29.4 Å². The highest BCUT2D eigenvalue weighted by Gasteiger charge is 2.08. The third-order valence-corrected chi connectivity index (χ3v) is 3.87. The molecule has 0 aliphatic rings. The zero-order chi connectivity index (χ0) is 14.7. The Bertz CT molecular complexity index is 641. The Morgan fingerprint density at radius 3 is 2.45 bits per heavy atom. The van der Waals surface area contributed by atoms with E-state index in [0.717, 1.165) is 17.0 Å². The maximum absolute atomic E-state index is 10.8. The highest BCUT2D eigenvalue weighted by atomic mass is 35.5. The van der Waals surface area contributed by atoms with E-state index >= 15 is 0 Å². The second-order valence-corrected chi connectivity index (χ2v) is 5.68. The van der Waals surface area contributed by atoms with Crippen molar-refractivity contribution in [2.24, 2.45) is 0 Å². The number of hydrogen-bond acceptors (Lipinski definition) is 4. The van der Waals surface area contributed by atoms with Crippen LogP contribution in [-0.2, 0) is 5.75 Å². The second kappa shape index (κ2) is 6.24. The molecule has 0 aliphatic heterocycles. The molecule has 0 saturated heterocycles. The Morgan fingerprint density at radius 2 is 1.90 bits per heavy atom. The van der Waals surface area contributed by atoms with Crippen molar-refractivity contribution in [1.82, 2.24) is 9.97 Å². The predicted molar refractivity (Wildman–Crippen MR) is 79.5 cm³/mol. The van der Waals surface area contributed by atoms with Crippen LogP contribution in [0.3, 0.4) is 0 Å². The van der Waals surface area contributed by atoms with E-state index in [2.05, 4.69) is 9.97 Å². The van der Waals surface area contributed by atoms with Crippen molar-refractivity contribution in [3.63, 3.8) is 0 Å². The first kappa shape index (κ1) is 14.8. The van der Waals surface area contributed by atoms with Crippen LogP contribution >= 0.6 is 23.4 Å². The molecule has 0 saturated carbocycles. The predicted octanol–water partition coefficient (Wildman–Crippen LogP) is 3.74. The van der Waals surface area contributed by atoms with Crippen LogP contribution in [0.25, 0.3) is 0 Å². The molecule has 4 nitrogen and oxygen atoms in total. The van der Waals surface area contributed by atoms with Crippen LogP contribution in [0.4, 0.5) is 0 Å². The average molecular weight is 309 g/mol. The van der Waals surface area contributed by atoms with Gasteiger partial charge in [0, 0.05) is 22.2 Å². The molecule has 0 fully saturated rings. The first-order chi connectivity index (χ1) is 9.45. The van der Waals surface area contributed by atoms with Crippen molar-refractivity contribution >= 4 is 29.3 Å². The monoisotopic (exact) mass is 308 g/mol. The van der Waals surface area contributed by atoms with Gasteiger partial charge in [0.15, 0.2) is 5.16 Å². The molecule has 104 valence electrons. The lowest BCUT2D eigenvalue weighted by molar-refractivity contribution is 0.0697. The molecule has 2 aromatic rings. The molecule has 0 aliphatic carbocycles. The summed E-state index contributed by atoms with van der Waals surface area (Å²) in [5.74, 6) is -0.384. The number of halogens is 1. The Kier molecular flexibility index (Phi) is 4.62. The van der Waals surface area contributed by atoms with Gasteiger partial charge in [0.25, 0.3) is 0 Å². The van der Waals surface area contributed by atoms with Crippen molar-refractivity contribution in [2.45, 2.75) is 24.8 Å². The van der Waals surface area contributed by atoms with Crippen LogP contribution in [0, 0.1) is 13.8 Å². The van der Waals surface area contributed by atoms with Crippen LogP contribution in [-0.4, -0.2) is 21.0 Å². The fraction of sp³-hybridized carbons (Fsp3) is 0.214. The summed E-state index contributed by atoms with van der Waals surface area (Å²) in [6.07, 6.45) is 0. The number of thioether (sulfide) groups is 1. The molecule has 1 aromatic heterocycles. The number of aromatic carboxylic acids is 1. The first-order valence-electron chi connectivity index (χ1n) is 5.92. The molecule has 0 unspecified atom stereocenters. The standard InChI is InChI=1S/C14H13ClN2O2S/c1-8-5-9(2)17-14(16-8)20-7-11-4-3-10(13(18)19)6-12(11)15/h3-6H,7H2,1-2H3,(H,18,19). The number of benzene rings is 1. The van der Waals surface area contributed by atoms with E-state index in [9.17, 15) is 4.79 Å². The summed E-state index contributed by atoms with van der Waals surface area (Å²) < 4.78 is 0. The van der Waals surface area contributed by atoms with Gasteiger partial charge >= 0.3 is 5.97 Å². The van der Waals surface area contributed by atoms with Crippen molar-refractivity contribution in [3.05, 3.63) is 51.8 Å². The zero-order valence-corrected chi connectivity index (χ0v) is 12.6. The van der Waals surface area contributed by atoms with Gasteiger partial charge in [-0.05, 0) is 37.6 Å². The molecule has 0 bridgehead atoms. The minimum absolute atomic E-state index is 0.186. The summed E-state index contributed by atoms with van der Waals surface area (Å²) in [7, 11) is 0. The number of carbonyl (C=O) groups is 1. The largest absolute Gasteiger partial charge is 0.478 e. The summed E-state index contributed by atoms with van der Waals surface area (Å²) in [5, 5.41) is 10.0. The summed E-state index contributed by atoms with van der Waals surface area (Å²) in [4.78, 5) is 19.5. The van der Waals surface area contributed by atoms with Gasteiger partial charge in [-0.25, -0.2) is 14.8 Å². The van der Waals surface area contributed by atoms with Gasteiger partial charge < -0.3 is 5.11 Å². The van der Waals surface area contributed by atoms with E-state index in [4.69, 9.17) is 16.7 Å². The average Bonchev–Trinajstić information content (AvgIpc) is 2.36. The number of carboxylic acids is 1. The van der Waals surface area contributed by atoms with E-state index in [-0.39, 0.29) is 5.56 Å². The van der Waals surface area contributed by atoms with Crippen molar-refractivity contribution in [3.8, 4) is 0 Å². The quantitative estimate of drug-likeness (QED) is 0.688. The normalized spacial score (nSPS) is 10.6. The lowest BCUT2D eigenvalue weighted by Gasteiger charge is -2.06. The second-order valence-electron chi connectivity index (χ2n) is 4.33. The Hall–Kier alpha value is -1.59. The van der Waals surface area contributed by atoms with E-state index in [1.807, 2.05) is 19.9 Å². The van der Waals surface area contributed by atoms with Crippen LogP contribution in [0.5, 0.6) is 0 Å². The van der Waals surface area contributed by atoms with Crippen molar-refractivity contribution < 1.29 is 9.90 Å². The number of carboxylic acid groups (broad SMARTS) is 1. The Morgan fingerprint density at radius 1 is 1.25 bits per heavy atom. The van der Waals surface area contributed by atoms with Crippen LogP contribution < -0.4 is 0 Å². The number of hydrogen-bond donors (Lipinski definition) is 1. The molecular formula is C14H13ClN2O2S. The molecule has 1 heterocycles. The van der Waals surface area contributed by atoms with Gasteiger partial charge in [-0.1, -0.05) is 29.4 Å². The van der Waals surface area contributed by atoms with E-state index < -0.39 is 5.97 Å². The fourth-order valence-electron chi connectivity index (χ4n) is 1.70. The Labute approximate surface area is 126 Å². The minimum atomic E-state index is -0.983. The summed E-state index contributed by atoms with van der Waals surface area (Å²) in [5.41, 5.74) is 2.90. The maximum atomic E-state index is 10.8. The van der Waals surface area contributed by atoms with Gasteiger partial charge in [-0.2, -0.15) is 0 Å². The number of aryl methyl sites for hydroxylation is 2. The molecule has 20 heavy (non-hydrogen) atoms. The maximum Gasteiger partial charge on any atom is 0.335 e. The molecule has 0 amide bonds. The van der Waals surface area contributed by atoms with E-state index in [1.165, 1.54) is 17.8 Å². The third kappa shape index (κ3) is 3.71. The van der Waals surface area contributed by atoms with Crippen molar-refractivity contribution in [1.29, 1.82) is 0 Å². The molecule has 1 N–H and O–H groups in total. The molecule has 1 aromatic carbocycles. The van der Waals surface area contributed by atoms with Crippen LogP contribution in [0.2, 0.25) is 5.02 Å². The molecule has 0 radical (unpaired) electrons. The minimum Gasteiger partial charge on any atom is -0.478 e. The number of nitrogens with zero attached hydrogens (tertiary/aromatic N) is 2. The first-order valence-corrected chi connectivity index (χ1v) is 7.29. The highest BCUT2D eigenvalue weighted by molar-refractivity contribution is 7.98. The van der Waals surface area contributed by atoms with Crippen molar-refractivity contribution in [2.75, 3.05) is 0 Å². The number of aromatic nitrogens is 2. The third-order valence-electron chi connectivity index (χ3n) is 2.62. The molecule has 2 rings (SSSR count). The van der Waals surface area contributed by atoms with E-state index in [1.54, 1.807) is 12.1 Å².